The van der Waals surface area contributed by atoms with Crippen LogP contribution in [0.1, 0.15) is 39.2 Å². The third-order valence-corrected chi connectivity index (χ3v) is 4.00. The zero-order valence-corrected chi connectivity index (χ0v) is 13.6. The molecule has 21 heavy (non-hydrogen) atoms. The molecule has 1 unspecified atom stereocenters. The van der Waals surface area contributed by atoms with Crippen molar-refractivity contribution in [3.63, 3.8) is 0 Å². The molecular weight excluding hydrogens is 267 g/mol. The van der Waals surface area contributed by atoms with Gasteiger partial charge < -0.3 is 10.1 Å². The number of nitrogens with one attached hydrogen (secondary N) is 1. The van der Waals surface area contributed by atoms with Crippen molar-refractivity contribution in [2.45, 2.75) is 51.7 Å². The van der Waals surface area contributed by atoms with Crippen molar-refractivity contribution in [3.05, 3.63) is 29.6 Å². The fourth-order valence-electron chi connectivity index (χ4n) is 2.76. The van der Waals surface area contributed by atoms with Crippen molar-refractivity contribution >= 4 is 0 Å². The van der Waals surface area contributed by atoms with E-state index in [-0.39, 0.29) is 11.4 Å². The Morgan fingerprint density at radius 3 is 2.76 bits per heavy atom. The molecule has 1 heterocycles. The maximum atomic E-state index is 14.1. The van der Waals surface area contributed by atoms with E-state index in [0.717, 1.165) is 18.7 Å². The Morgan fingerprint density at radius 2 is 2.14 bits per heavy atom. The Morgan fingerprint density at radius 1 is 1.38 bits per heavy atom. The summed E-state index contributed by atoms with van der Waals surface area (Å²) >= 11 is 0. The van der Waals surface area contributed by atoms with Gasteiger partial charge in [-0.3, -0.25) is 4.90 Å². The standard InChI is InChI=1S/C17H27FN2O/c1-17(2,3)19-11-14-6-5-9-20(14)12-13-7-8-15(21-4)10-16(13)18/h7-8,10,14,19H,5-6,9,11-12H2,1-4H3. The first kappa shape index (κ1) is 16.2. The smallest absolute Gasteiger partial charge is 0.131 e. The molecule has 1 fully saturated rings. The minimum atomic E-state index is -0.177. The van der Waals surface area contributed by atoms with Crippen molar-refractivity contribution in [2.24, 2.45) is 0 Å². The van der Waals surface area contributed by atoms with Crippen LogP contribution in [0.3, 0.4) is 0 Å². The number of likely N-dealkylation sites (tertiary alicyclic amines) is 1. The summed E-state index contributed by atoms with van der Waals surface area (Å²) < 4.78 is 19.1. The molecule has 0 aliphatic carbocycles. The molecule has 2 rings (SSSR count). The van der Waals surface area contributed by atoms with Crippen LogP contribution in [0.5, 0.6) is 5.75 Å². The second kappa shape index (κ2) is 6.75. The average molecular weight is 294 g/mol. The summed E-state index contributed by atoms with van der Waals surface area (Å²) in [6.07, 6.45) is 2.37. The molecule has 0 radical (unpaired) electrons. The predicted molar refractivity (Wildman–Crippen MR) is 84.1 cm³/mol. The Hall–Kier alpha value is -1.13. The summed E-state index contributed by atoms with van der Waals surface area (Å²) in [4.78, 5) is 2.38. The van der Waals surface area contributed by atoms with Crippen LogP contribution in [0, 0.1) is 5.82 Å². The summed E-state index contributed by atoms with van der Waals surface area (Å²) in [5.74, 6) is 0.396. The molecule has 1 atom stereocenters. The molecule has 1 aromatic carbocycles. The van der Waals surface area contributed by atoms with Crippen molar-refractivity contribution in [1.29, 1.82) is 0 Å². The Bertz CT molecular complexity index is 470. The van der Waals surface area contributed by atoms with Gasteiger partial charge >= 0.3 is 0 Å². The van der Waals surface area contributed by atoms with Gasteiger partial charge in [-0.2, -0.15) is 0 Å². The molecule has 1 aliphatic rings. The zero-order valence-electron chi connectivity index (χ0n) is 13.6. The van der Waals surface area contributed by atoms with E-state index in [0.29, 0.717) is 18.3 Å². The first-order valence-electron chi connectivity index (χ1n) is 7.70. The Kier molecular flexibility index (Phi) is 5.22. The number of benzene rings is 1. The van der Waals surface area contributed by atoms with E-state index in [1.165, 1.54) is 18.9 Å². The van der Waals surface area contributed by atoms with E-state index in [9.17, 15) is 4.39 Å². The van der Waals surface area contributed by atoms with Crippen LogP contribution in [0.4, 0.5) is 4.39 Å². The highest BCUT2D eigenvalue weighted by Crippen LogP contribution is 2.23. The lowest BCUT2D eigenvalue weighted by molar-refractivity contribution is 0.223. The second-order valence-corrected chi connectivity index (χ2v) is 6.85. The highest BCUT2D eigenvalue weighted by molar-refractivity contribution is 5.29. The van der Waals surface area contributed by atoms with Crippen LogP contribution in [-0.4, -0.2) is 36.7 Å². The highest BCUT2D eigenvalue weighted by atomic mass is 19.1. The first-order chi connectivity index (χ1) is 9.89. The monoisotopic (exact) mass is 294 g/mol. The fourth-order valence-corrected chi connectivity index (χ4v) is 2.76. The van der Waals surface area contributed by atoms with Gasteiger partial charge in [0.2, 0.25) is 0 Å². The largest absolute Gasteiger partial charge is 0.497 e. The van der Waals surface area contributed by atoms with Gasteiger partial charge in [-0.15, -0.1) is 0 Å². The quantitative estimate of drug-likeness (QED) is 0.902. The number of hydrogen-bond donors (Lipinski definition) is 1. The summed E-state index contributed by atoms with van der Waals surface area (Å²) in [5.41, 5.74) is 0.873. The van der Waals surface area contributed by atoms with Gasteiger partial charge in [-0.1, -0.05) is 6.07 Å². The van der Waals surface area contributed by atoms with Crippen molar-refractivity contribution in [1.82, 2.24) is 10.2 Å². The van der Waals surface area contributed by atoms with E-state index in [4.69, 9.17) is 4.74 Å². The molecule has 3 nitrogen and oxygen atoms in total. The molecule has 1 aromatic rings. The normalized spacial score (nSPS) is 20.0. The molecule has 0 spiro atoms. The lowest BCUT2D eigenvalue weighted by Crippen LogP contribution is -2.45. The molecule has 4 heteroatoms. The van der Waals surface area contributed by atoms with Crippen LogP contribution in [0.15, 0.2) is 18.2 Å². The molecular formula is C17H27FN2O. The maximum Gasteiger partial charge on any atom is 0.131 e. The Balaban J connectivity index is 1.98. The van der Waals surface area contributed by atoms with Crippen LogP contribution in [-0.2, 0) is 6.54 Å². The number of rotatable bonds is 5. The van der Waals surface area contributed by atoms with E-state index in [1.807, 2.05) is 12.1 Å². The summed E-state index contributed by atoms with van der Waals surface area (Å²) in [5, 5.41) is 3.56. The van der Waals surface area contributed by atoms with Crippen molar-refractivity contribution in [3.8, 4) is 5.75 Å². The van der Waals surface area contributed by atoms with Crippen LogP contribution in [0.2, 0.25) is 0 Å². The minimum absolute atomic E-state index is 0.125. The molecule has 1 N–H and O–H groups in total. The molecule has 0 aromatic heterocycles. The first-order valence-corrected chi connectivity index (χ1v) is 7.70. The third-order valence-electron chi connectivity index (χ3n) is 4.00. The lowest BCUT2D eigenvalue weighted by atomic mass is 10.1. The van der Waals surface area contributed by atoms with Gasteiger partial charge in [-0.25, -0.2) is 4.39 Å². The number of ether oxygens (including phenoxy) is 1. The molecule has 118 valence electrons. The van der Waals surface area contributed by atoms with E-state index >= 15 is 0 Å². The maximum absolute atomic E-state index is 14.1. The third kappa shape index (κ3) is 4.68. The van der Waals surface area contributed by atoms with Gasteiger partial charge in [0, 0.05) is 36.3 Å². The fraction of sp³-hybridized carbons (Fsp3) is 0.647. The van der Waals surface area contributed by atoms with E-state index in [2.05, 4.69) is 31.0 Å². The van der Waals surface area contributed by atoms with Crippen LogP contribution in [0.25, 0.3) is 0 Å². The van der Waals surface area contributed by atoms with E-state index in [1.54, 1.807) is 7.11 Å². The molecule has 1 saturated heterocycles. The summed E-state index contributed by atoms with van der Waals surface area (Å²) in [7, 11) is 1.56. The van der Waals surface area contributed by atoms with Gasteiger partial charge in [0.05, 0.1) is 7.11 Å². The Labute approximate surface area is 127 Å². The molecule has 0 bridgehead atoms. The molecule has 1 aliphatic heterocycles. The van der Waals surface area contributed by atoms with Crippen LogP contribution >= 0.6 is 0 Å². The molecule has 0 amide bonds. The number of hydrogen-bond acceptors (Lipinski definition) is 3. The SMILES string of the molecule is COc1ccc(CN2CCCC2CNC(C)(C)C)c(F)c1. The lowest BCUT2D eigenvalue weighted by Gasteiger charge is -2.29. The van der Waals surface area contributed by atoms with E-state index < -0.39 is 0 Å². The molecule has 0 saturated carbocycles. The van der Waals surface area contributed by atoms with Gasteiger partial charge in [0.1, 0.15) is 11.6 Å². The highest BCUT2D eigenvalue weighted by Gasteiger charge is 2.26. The predicted octanol–water partition coefficient (Wildman–Crippen LogP) is 3.19. The van der Waals surface area contributed by atoms with Crippen LogP contribution < -0.4 is 10.1 Å². The minimum Gasteiger partial charge on any atom is -0.497 e. The second-order valence-electron chi connectivity index (χ2n) is 6.85. The summed E-state index contributed by atoms with van der Waals surface area (Å²) in [6, 6.07) is 5.62. The van der Waals surface area contributed by atoms with Gasteiger partial charge in [0.25, 0.3) is 0 Å². The average Bonchev–Trinajstić information content (AvgIpc) is 2.85. The summed E-state index contributed by atoms with van der Waals surface area (Å²) in [6.45, 7) is 9.20. The number of nitrogens with zero attached hydrogens (tertiary/aromatic N) is 1. The number of halogens is 1. The topological polar surface area (TPSA) is 24.5 Å². The zero-order chi connectivity index (χ0) is 15.5. The van der Waals surface area contributed by atoms with Gasteiger partial charge in [-0.05, 0) is 46.2 Å². The van der Waals surface area contributed by atoms with Gasteiger partial charge in [0.15, 0.2) is 0 Å². The van der Waals surface area contributed by atoms with Crippen molar-refractivity contribution in [2.75, 3.05) is 20.2 Å². The number of methoxy groups -OCH3 is 1. The van der Waals surface area contributed by atoms with Crippen molar-refractivity contribution < 1.29 is 9.13 Å².